The van der Waals surface area contributed by atoms with Crippen LogP contribution in [-0.2, 0) is 16.0 Å². The van der Waals surface area contributed by atoms with Crippen molar-refractivity contribution in [2.45, 2.75) is 26.7 Å². The number of rotatable bonds is 9. The number of carbonyl (C=O) groups is 1. The topological polar surface area (TPSA) is 70.8 Å². The van der Waals surface area contributed by atoms with Crippen LogP contribution in [0.15, 0.2) is 18.2 Å². The van der Waals surface area contributed by atoms with Crippen LogP contribution in [0, 0.1) is 0 Å². The van der Waals surface area contributed by atoms with Gasteiger partial charge in [-0.3, -0.25) is 0 Å². The van der Waals surface area contributed by atoms with Crippen LogP contribution in [0.25, 0.3) is 0 Å². The Bertz CT molecular complexity index is 420. The molecule has 2 N–H and O–H groups in total. The Morgan fingerprint density at radius 3 is 2.70 bits per heavy atom. The SMILES string of the molecule is CCCOc1ccc(CCN)c(OCC(=O)OCC)c1. The summed E-state index contributed by atoms with van der Waals surface area (Å²) in [6.07, 6.45) is 1.62. The van der Waals surface area contributed by atoms with Gasteiger partial charge in [0.05, 0.1) is 13.2 Å². The molecule has 1 aromatic carbocycles. The standard InChI is InChI=1S/C15H23NO4/c1-3-9-19-13-6-5-12(7-8-16)14(10-13)20-11-15(17)18-4-2/h5-6,10H,3-4,7-9,11,16H2,1-2H3. The molecule has 112 valence electrons. The van der Waals surface area contributed by atoms with Crippen molar-refractivity contribution in [3.05, 3.63) is 23.8 Å². The summed E-state index contributed by atoms with van der Waals surface area (Å²) in [6.45, 7) is 5.20. The molecule has 0 unspecified atom stereocenters. The van der Waals surface area contributed by atoms with E-state index in [9.17, 15) is 4.79 Å². The van der Waals surface area contributed by atoms with Crippen LogP contribution in [0.3, 0.4) is 0 Å². The zero-order valence-electron chi connectivity index (χ0n) is 12.2. The lowest BCUT2D eigenvalue weighted by molar-refractivity contribution is -0.145. The molecule has 0 saturated heterocycles. The van der Waals surface area contributed by atoms with Gasteiger partial charge in [-0.05, 0) is 37.9 Å². The molecule has 0 saturated carbocycles. The van der Waals surface area contributed by atoms with E-state index in [0.717, 1.165) is 17.7 Å². The minimum Gasteiger partial charge on any atom is -0.493 e. The summed E-state index contributed by atoms with van der Waals surface area (Å²) in [4.78, 5) is 11.3. The van der Waals surface area contributed by atoms with Gasteiger partial charge in [0.25, 0.3) is 0 Å². The van der Waals surface area contributed by atoms with Gasteiger partial charge in [-0.25, -0.2) is 4.79 Å². The van der Waals surface area contributed by atoms with Gasteiger partial charge in [-0.15, -0.1) is 0 Å². The Hall–Kier alpha value is -1.75. The largest absolute Gasteiger partial charge is 0.493 e. The maximum atomic E-state index is 11.3. The highest BCUT2D eigenvalue weighted by atomic mass is 16.6. The highest BCUT2D eigenvalue weighted by molar-refractivity contribution is 5.71. The fraction of sp³-hybridized carbons (Fsp3) is 0.533. The van der Waals surface area contributed by atoms with E-state index in [0.29, 0.717) is 31.9 Å². The van der Waals surface area contributed by atoms with E-state index < -0.39 is 0 Å². The van der Waals surface area contributed by atoms with E-state index in [1.54, 1.807) is 13.0 Å². The Morgan fingerprint density at radius 2 is 2.05 bits per heavy atom. The zero-order chi connectivity index (χ0) is 14.8. The van der Waals surface area contributed by atoms with Crippen molar-refractivity contribution in [2.75, 3.05) is 26.4 Å². The second-order valence-electron chi connectivity index (χ2n) is 4.25. The third-order valence-electron chi connectivity index (χ3n) is 2.58. The summed E-state index contributed by atoms with van der Waals surface area (Å²) >= 11 is 0. The predicted molar refractivity (Wildman–Crippen MR) is 77.1 cm³/mol. The molecular formula is C15H23NO4. The summed E-state index contributed by atoms with van der Waals surface area (Å²) in [5.74, 6) is 0.967. The van der Waals surface area contributed by atoms with Gasteiger partial charge in [-0.1, -0.05) is 13.0 Å². The van der Waals surface area contributed by atoms with Gasteiger partial charge >= 0.3 is 5.97 Å². The molecule has 5 heteroatoms. The third kappa shape index (κ3) is 5.48. The van der Waals surface area contributed by atoms with E-state index in [4.69, 9.17) is 19.9 Å². The third-order valence-corrected chi connectivity index (χ3v) is 2.58. The van der Waals surface area contributed by atoms with Crippen LogP contribution in [-0.4, -0.2) is 32.3 Å². The zero-order valence-corrected chi connectivity index (χ0v) is 12.2. The molecule has 0 radical (unpaired) electrons. The lowest BCUT2D eigenvalue weighted by Crippen LogP contribution is -2.15. The van der Waals surface area contributed by atoms with Crippen molar-refractivity contribution < 1.29 is 19.0 Å². The summed E-state index contributed by atoms with van der Waals surface area (Å²) in [5.41, 5.74) is 6.53. The number of benzene rings is 1. The highest BCUT2D eigenvalue weighted by Gasteiger charge is 2.09. The highest BCUT2D eigenvalue weighted by Crippen LogP contribution is 2.25. The molecule has 0 heterocycles. The Kier molecular flexibility index (Phi) is 7.50. The van der Waals surface area contributed by atoms with Crippen molar-refractivity contribution in [2.24, 2.45) is 5.73 Å². The van der Waals surface area contributed by atoms with E-state index in [1.165, 1.54) is 0 Å². The number of ether oxygens (including phenoxy) is 3. The molecule has 20 heavy (non-hydrogen) atoms. The normalized spacial score (nSPS) is 10.2. The van der Waals surface area contributed by atoms with E-state index >= 15 is 0 Å². The summed E-state index contributed by atoms with van der Waals surface area (Å²) < 4.78 is 15.9. The molecule has 0 aliphatic carbocycles. The number of hydrogen-bond donors (Lipinski definition) is 1. The molecule has 0 bridgehead atoms. The van der Waals surface area contributed by atoms with E-state index in [2.05, 4.69) is 0 Å². The van der Waals surface area contributed by atoms with E-state index in [-0.39, 0.29) is 12.6 Å². The Labute approximate surface area is 120 Å². The Balaban J connectivity index is 2.74. The average molecular weight is 281 g/mol. The first kappa shape index (κ1) is 16.3. The summed E-state index contributed by atoms with van der Waals surface area (Å²) in [7, 11) is 0. The first-order valence-corrected chi connectivity index (χ1v) is 6.95. The molecular weight excluding hydrogens is 258 g/mol. The maximum absolute atomic E-state index is 11.3. The van der Waals surface area contributed by atoms with Crippen molar-refractivity contribution in [3.63, 3.8) is 0 Å². The van der Waals surface area contributed by atoms with Crippen LogP contribution in [0.1, 0.15) is 25.8 Å². The number of esters is 1. The van der Waals surface area contributed by atoms with Crippen LogP contribution in [0.2, 0.25) is 0 Å². The quantitative estimate of drug-likeness (QED) is 0.700. The minimum atomic E-state index is -0.383. The minimum absolute atomic E-state index is 0.108. The maximum Gasteiger partial charge on any atom is 0.344 e. The fourth-order valence-corrected chi connectivity index (χ4v) is 1.68. The van der Waals surface area contributed by atoms with Crippen molar-refractivity contribution in [3.8, 4) is 11.5 Å². The van der Waals surface area contributed by atoms with Gasteiger partial charge < -0.3 is 19.9 Å². The number of hydrogen-bond acceptors (Lipinski definition) is 5. The first-order valence-electron chi connectivity index (χ1n) is 6.95. The van der Waals surface area contributed by atoms with E-state index in [1.807, 2.05) is 19.1 Å². The Morgan fingerprint density at radius 1 is 1.25 bits per heavy atom. The molecule has 0 atom stereocenters. The molecule has 5 nitrogen and oxygen atoms in total. The van der Waals surface area contributed by atoms with Gasteiger partial charge in [0, 0.05) is 6.07 Å². The van der Waals surface area contributed by atoms with Crippen molar-refractivity contribution >= 4 is 5.97 Å². The van der Waals surface area contributed by atoms with Crippen LogP contribution in [0.4, 0.5) is 0 Å². The molecule has 0 fully saturated rings. The summed E-state index contributed by atoms with van der Waals surface area (Å²) in [5, 5.41) is 0. The molecule has 0 spiro atoms. The number of nitrogens with two attached hydrogens (primary N) is 1. The molecule has 1 rings (SSSR count). The average Bonchev–Trinajstić information content (AvgIpc) is 2.45. The van der Waals surface area contributed by atoms with Crippen LogP contribution >= 0.6 is 0 Å². The van der Waals surface area contributed by atoms with Gasteiger partial charge in [0.15, 0.2) is 6.61 Å². The monoisotopic (exact) mass is 281 g/mol. The summed E-state index contributed by atoms with van der Waals surface area (Å²) in [6, 6.07) is 5.59. The molecule has 0 aliphatic heterocycles. The second-order valence-corrected chi connectivity index (χ2v) is 4.25. The lowest BCUT2D eigenvalue weighted by Gasteiger charge is -2.13. The first-order chi connectivity index (χ1) is 9.71. The van der Waals surface area contributed by atoms with Gasteiger partial charge in [0.2, 0.25) is 0 Å². The molecule has 0 aromatic heterocycles. The number of carbonyl (C=O) groups excluding carboxylic acids is 1. The predicted octanol–water partition coefficient (Wildman–Crippen LogP) is 1.92. The molecule has 1 aromatic rings. The van der Waals surface area contributed by atoms with Crippen LogP contribution < -0.4 is 15.2 Å². The van der Waals surface area contributed by atoms with Crippen molar-refractivity contribution in [1.82, 2.24) is 0 Å². The second kappa shape index (κ2) is 9.20. The lowest BCUT2D eigenvalue weighted by atomic mass is 10.1. The van der Waals surface area contributed by atoms with Crippen molar-refractivity contribution in [1.29, 1.82) is 0 Å². The fourth-order valence-electron chi connectivity index (χ4n) is 1.68. The van der Waals surface area contributed by atoms with Gasteiger partial charge in [0.1, 0.15) is 11.5 Å². The molecule has 0 aliphatic rings. The smallest absolute Gasteiger partial charge is 0.344 e. The van der Waals surface area contributed by atoms with Gasteiger partial charge in [-0.2, -0.15) is 0 Å². The van der Waals surface area contributed by atoms with Crippen LogP contribution in [0.5, 0.6) is 11.5 Å². The molecule has 0 amide bonds.